The van der Waals surface area contributed by atoms with E-state index in [4.69, 9.17) is 4.74 Å². The molecular weight excluding hydrogens is 478 g/mol. The van der Waals surface area contributed by atoms with Gasteiger partial charge in [0.2, 0.25) is 5.91 Å². The van der Waals surface area contributed by atoms with Crippen molar-refractivity contribution in [2.24, 2.45) is 5.92 Å². The van der Waals surface area contributed by atoms with Gasteiger partial charge in [0.25, 0.3) is 5.91 Å². The molecule has 4 heterocycles. The van der Waals surface area contributed by atoms with Crippen molar-refractivity contribution in [1.82, 2.24) is 4.90 Å². The highest BCUT2D eigenvalue weighted by atomic mass is 16.5. The van der Waals surface area contributed by atoms with Crippen LogP contribution in [0.15, 0.2) is 85.5 Å². The number of rotatable bonds is 5. The Morgan fingerprint density at radius 3 is 2.34 bits per heavy atom. The molecule has 2 spiro atoms. The van der Waals surface area contributed by atoms with Crippen molar-refractivity contribution in [2.45, 2.75) is 29.8 Å². The lowest BCUT2D eigenvalue weighted by Gasteiger charge is -2.43. The van der Waals surface area contributed by atoms with E-state index in [1.807, 2.05) is 48.5 Å². The first-order chi connectivity index (χ1) is 18.5. The summed E-state index contributed by atoms with van der Waals surface area (Å²) in [7, 11) is 0. The number of carbonyl (C=O) groups is 3. The van der Waals surface area contributed by atoms with Gasteiger partial charge < -0.3 is 15.4 Å². The zero-order valence-electron chi connectivity index (χ0n) is 20.8. The molecule has 2 saturated heterocycles. The quantitative estimate of drug-likeness (QED) is 0.400. The lowest BCUT2D eigenvalue weighted by atomic mass is 9.57. The van der Waals surface area contributed by atoms with Crippen LogP contribution in [0.1, 0.15) is 34.3 Å². The van der Waals surface area contributed by atoms with Gasteiger partial charge in [0.05, 0.1) is 5.92 Å². The molecule has 4 aliphatic rings. The predicted octanol–water partition coefficient (Wildman–Crippen LogP) is 4.27. The number of nitrogens with zero attached hydrogens (tertiary/aromatic N) is 1. The van der Waals surface area contributed by atoms with E-state index in [0.717, 1.165) is 18.4 Å². The first-order valence-electron chi connectivity index (χ1n) is 13.0. The van der Waals surface area contributed by atoms with Gasteiger partial charge in [-0.05, 0) is 61.3 Å². The van der Waals surface area contributed by atoms with Crippen LogP contribution in [0.25, 0.3) is 0 Å². The van der Waals surface area contributed by atoms with Gasteiger partial charge >= 0.3 is 0 Å². The number of carbonyl (C=O) groups excluding carboxylic acids is 3. The van der Waals surface area contributed by atoms with E-state index >= 15 is 0 Å². The number of anilines is 2. The fourth-order valence-corrected chi connectivity index (χ4v) is 7.58. The molecule has 7 nitrogen and oxygen atoms in total. The Labute approximate surface area is 220 Å². The summed E-state index contributed by atoms with van der Waals surface area (Å²) < 4.78 is 5.62. The summed E-state index contributed by atoms with van der Waals surface area (Å²) in [6, 6.07) is 21.8. The highest BCUT2D eigenvalue weighted by Crippen LogP contribution is 2.67. The normalized spacial score (nSPS) is 28.6. The minimum atomic E-state index is -1.43. The number of hydrogen-bond donors (Lipinski definition) is 2. The van der Waals surface area contributed by atoms with Gasteiger partial charge in [0.1, 0.15) is 23.3 Å². The monoisotopic (exact) mass is 505 g/mol. The molecule has 7 rings (SSSR count). The van der Waals surface area contributed by atoms with E-state index in [2.05, 4.69) is 22.1 Å². The van der Waals surface area contributed by atoms with Crippen LogP contribution in [0, 0.1) is 5.92 Å². The molecule has 4 aliphatic heterocycles. The molecule has 0 unspecified atom stereocenters. The van der Waals surface area contributed by atoms with Crippen LogP contribution in [0.5, 0.6) is 5.75 Å². The van der Waals surface area contributed by atoms with Gasteiger partial charge in [-0.3, -0.25) is 19.3 Å². The standard InChI is InChI=1S/C31H27N3O4/c1-2-18-38-20-15-13-19(14-16-20)27(35)26-25-12-7-17-34(25)31(22-9-4-6-11-24(22)33-29(31)37)30(26)21-8-3-5-10-23(21)32-28(30)36/h2-6,8-11,13-16,25-26H,1,7,12,17-18H2,(H,32,36)(H,33,37)/t25-,26-,30-,31-/m0/s1. The number of para-hydroxylation sites is 2. The van der Waals surface area contributed by atoms with Crippen LogP contribution in [-0.4, -0.2) is 41.7 Å². The SMILES string of the molecule is C=CCOc1ccc(C(=O)[C@@H]2[C@@H]3CCCN3[C@@]3(C(=O)Nc4ccccc43)[C@]23C(=O)Nc2ccccc23)cc1. The zero-order valence-corrected chi connectivity index (χ0v) is 20.8. The van der Waals surface area contributed by atoms with E-state index in [-0.39, 0.29) is 23.6 Å². The van der Waals surface area contributed by atoms with Gasteiger partial charge in [-0.15, -0.1) is 0 Å². The number of fused-ring (bicyclic) bond motifs is 7. The summed E-state index contributed by atoms with van der Waals surface area (Å²) in [5, 5.41) is 6.14. The number of amides is 2. The van der Waals surface area contributed by atoms with Gasteiger partial charge in [0, 0.05) is 28.5 Å². The Morgan fingerprint density at radius 1 is 0.947 bits per heavy atom. The average Bonchev–Trinajstić information content (AvgIpc) is 3.66. The number of benzene rings is 3. The van der Waals surface area contributed by atoms with Gasteiger partial charge in [-0.2, -0.15) is 0 Å². The van der Waals surface area contributed by atoms with E-state index in [1.54, 1.807) is 30.3 Å². The molecule has 3 aromatic carbocycles. The predicted molar refractivity (Wildman–Crippen MR) is 143 cm³/mol. The van der Waals surface area contributed by atoms with E-state index in [0.29, 0.717) is 41.4 Å². The molecule has 7 heteroatoms. The third-order valence-electron chi connectivity index (χ3n) is 8.79. The Morgan fingerprint density at radius 2 is 1.61 bits per heavy atom. The maximum atomic E-state index is 14.6. The number of ketones is 1. The summed E-state index contributed by atoms with van der Waals surface area (Å²) in [5.74, 6) is -0.816. The maximum Gasteiger partial charge on any atom is 0.251 e. The Hall–Kier alpha value is -4.23. The van der Waals surface area contributed by atoms with Crippen LogP contribution < -0.4 is 15.4 Å². The second kappa shape index (κ2) is 8.13. The molecule has 0 bridgehead atoms. The Bertz CT molecular complexity index is 1520. The highest BCUT2D eigenvalue weighted by molar-refractivity contribution is 6.21. The highest BCUT2D eigenvalue weighted by Gasteiger charge is 2.81. The zero-order chi connectivity index (χ0) is 26.1. The van der Waals surface area contributed by atoms with Crippen molar-refractivity contribution in [3.8, 4) is 5.75 Å². The molecule has 0 saturated carbocycles. The van der Waals surface area contributed by atoms with Gasteiger partial charge in [-0.25, -0.2) is 0 Å². The molecular formula is C31H27N3O4. The van der Waals surface area contributed by atoms with Crippen molar-refractivity contribution in [3.63, 3.8) is 0 Å². The van der Waals surface area contributed by atoms with Crippen LogP contribution >= 0.6 is 0 Å². The van der Waals surface area contributed by atoms with Gasteiger partial charge in [0.15, 0.2) is 5.78 Å². The van der Waals surface area contributed by atoms with Crippen molar-refractivity contribution < 1.29 is 19.1 Å². The largest absolute Gasteiger partial charge is 0.490 e. The molecule has 190 valence electrons. The number of ether oxygens (including phenoxy) is 1. The van der Waals surface area contributed by atoms with E-state index in [9.17, 15) is 14.4 Å². The lowest BCUT2D eigenvalue weighted by Crippen LogP contribution is -2.62. The number of nitrogens with one attached hydrogen (secondary N) is 2. The van der Waals surface area contributed by atoms with Gasteiger partial charge in [-0.1, -0.05) is 49.1 Å². The molecule has 38 heavy (non-hydrogen) atoms. The van der Waals surface area contributed by atoms with Crippen LogP contribution in [0.3, 0.4) is 0 Å². The van der Waals surface area contributed by atoms with Crippen molar-refractivity contribution in [3.05, 3.63) is 102 Å². The molecule has 0 aromatic heterocycles. The third kappa shape index (κ3) is 2.64. The molecule has 4 atom stereocenters. The molecule has 2 amide bonds. The summed E-state index contributed by atoms with van der Waals surface area (Å²) in [6.07, 6.45) is 3.24. The topological polar surface area (TPSA) is 87.7 Å². The van der Waals surface area contributed by atoms with Crippen molar-refractivity contribution >= 4 is 29.0 Å². The summed E-state index contributed by atoms with van der Waals surface area (Å²) in [4.78, 5) is 45.5. The summed E-state index contributed by atoms with van der Waals surface area (Å²) in [5.41, 5.74) is 0.531. The van der Waals surface area contributed by atoms with Crippen LogP contribution in [-0.2, 0) is 20.5 Å². The molecule has 3 aromatic rings. The number of Topliss-reactive ketones (excluding diaryl/α,β-unsaturated/α-hetero) is 1. The third-order valence-corrected chi connectivity index (χ3v) is 8.79. The van der Waals surface area contributed by atoms with Crippen molar-refractivity contribution in [2.75, 3.05) is 23.8 Å². The maximum absolute atomic E-state index is 14.6. The average molecular weight is 506 g/mol. The minimum Gasteiger partial charge on any atom is -0.490 e. The fraction of sp³-hybridized carbons (Fsp3) is 0.258. The first-order valence-corrected chi connectivity index (χ1v) is 13.0. The molecule has 2 fully saturated rings. The molecule has 2 N–H and O–H groups in total. The Balaban J connectivity index is 1.49. The van der Waals surface area contributed by atoms with Crippen molar-refractivity contribution in [1.29, 1.82) is 0 Å². The van der Waals surface area contributed by atoms with Crippen LogP contribution in [0.2, 0.25) is 0 Å². The van der Waals surface area contributed by atoms with Crippen LogP contribution in [0.4, 0.5) is 11.4 Å². The van der Waals surface area contributed by atoms with E-state index < -0.39 is 16.9 Å². The Kier molecular flexibility index (Phi) is 4.91. The fourth-order valence-electron chi connectivity index (χ4n) is 7.58. The first kappa shape index (κ1) is 22.9. The number of hydrogen-bond acceptors (Lipinski definition) is 5. The molecule has 0 aliphatic carbocycles. The summed E-state index contributed by atoms with van der Waals surface area (Å²) >= 11 is 0. The minimum absolute atomic E-state index is 0.141. The smallest absolute Gasteiger partial charge is 0.251 e. The second-order valence-electron chi connectivity index (χ2n) is 10.4. The lowest BCUT2D eigenvalue weighted by molar-refractivity contribution is -0.137. The second-order valence-corrected chi connectivity index (χ2v) is 10.4. The summed E-state index contributed by atoms with van der Waals surface area (Å²) in [6.45, 7) is 4.67. The molecule has 0 radical (unpaired) electrons. The van der Waals surface area contributed by atoms with E-state index in [1.165, 1.54) is 0 Å².